The van der Waals surface area contributed by atoms with Crippen LogP contribution in [0.15, 0.2) is 36.4 Å². The van der Waals surface area contributed by atoms with Gasteiger partial charge in [0.05, 0.1) is 23.3 Å². The van der Waals surface area contributed by atoms with Gasteiger partial charge in [-0.05, 0) is 18.2 Å². The molecule has 0 amide bonds. The van der Waals surface area contributed by atoms with Gasteiger partial charge in [0.1, 0.15) is 17.9 Å². The Labute approximate surface area is 121 Å². The van der Waals surface area contributed by atoms with Crippen LogP contribution in [0.5, 0.6) is 17.2 Å². The van der Waals surface area contributed by atoms with Crippen LogP contribution in [0.3, 0.4) is 0 Å². The van der Waals surface area contributed by atoms with Gasteiger partial charge < -0.3 is 9.47 Å². The van der Waals surface area contributed by atoms with Crippen molar-refractivity contribution >= 4 is 11.6 Å². The summed E-state index contributed by atoms with van der Waals surface area (Å²) >= 11 is 6.06. The maximum Gasteiger partial charge on any atom is 0.169 e. The van der Waals surface area contributed by atoms with Gasteiger partial charge in [-0.1, -0.05) is 23.7 Å². The second-order valence-electron chi connectivity index (χ2n) is 3.80. The zero-order valence-electron chi connectivity index (χ0n) is 10.6. The maximum atomic E-state index is 9.01. The molecule has 0 saturated carbocycles. The predicted molar refractivity (Wildman–Crippen MR) is 74.0 cm³/mol. The summed E-state index contributed by atoms with van der Waals surface area (Å²) in [5, 5.41) is 18.2. The van der Waals surface area contributed by atoms with Gasteiger partial charge in [0.15, 0.2) is 11.5 Å². The van der Waals surface area contributed by atoms with Crippen LogP contribution >= 0.6 is 11.6 Å². The van der Waals surface area contributed by atoms with Gasteiger partial charge >= 0.3 is 0 Å². The molecule has 0 radical (unpaired) electrons. The number of methoxy groups -OCH3 is 1. The molecule has 0 spiro atoms. The van der Waals surface area contributed by atoms with E-state index in [4.69, 9.17) is 31.6 Å². The first kappa shape index (κ1) is 13.7. The Morgan fingerprint density at radius 2 is 1.55 bits per heavy atom. The van der Waals surface area contributed by atoms with Crippen LogP contribution in [0.1, 0.15) is 11.1 Å². The van der Waals surface area contributed by atoms with E-state index in [0.717, 1.165) is 0 Å². The molecule has 2 aromatic carbocycles. The lowest BCUT2D eigenvalue weighted by molar-refractivity contribution is 0.379. The third kappa shape index (κ3) is 2.66. The van der Waals surface area contributed by atoms with E-state index in [1.54, 1.807) is 18.2 Å². The Morgan fingerprint density at radius 1 is 0.950 bits per heavy atom. The van der Waals surface area contributed by atoms with Crippen LogP contribution in [0.2, 0.25) is 5.02 Å². The van der Waals surface area contributed by atoms with Gasteiger partial charge in [-0.25, -0.2) is 0 Å². The molecule has 0 unspecified atom stereocenters. The van der Waals surface area contributed by atoms with E-state index < -0.39 is 0 Å². The molecule has 2 rings (SSSR count). The summed E-state index contributed by atoms with van der Waals surface area (Å²) in [4.78, 5) is 0. The molecular weight excluding hydrogens is 276 g/mol. The molecular formula is C15H9ClN2O2. The summed E-state index contributed by atoms with van der Waals surface area (Å²) in [6.07, 6.45) is 0. The van der Waals surface area contributed by atoms with E-state index in [2.05, 4.69) is 0 Å². The molecule has 0 aliphatic carbocycles. The number of halogens is 1. The van der Waals surface area contributed by atoms with E-state index in [0.29, 0.717) is 17.2 Å². The number of para-hydroxylation sites is 2. The van der Waals surface area contributed by atoms with Crippen molar-refractivity contribution in [3.63, 3.8) is 0 Å². The Kier molecular flexibility index (Phi) is 4.10. The van der Waals surface area contributed by atoms with Gasteiger partial charge in [0.25, 0.3) is 0 Å². The molecule has 2 aromatic rings. The number of nitrogens with zero attached hydrogens (tertiary/aromatic N) is 2. The second-order valence-corrected chi connectivity index (χ2v) is 4.21. The van der Waals surface area contributed by atoms with Gasteiger partial charge in [-0.3, -0.25) is 0 Å². The van der Waals surface area contributed by atoms with Crippen molar-refractivity contribution in [2.75, 3.05) is 7.11 Å². The minimum atomic E-state index is 0.210. The Morgan fingerprint density at radius 3 is 2.15 bits per heavy atom. The monoisotopic (exact) mass is 284 g/mol. The predicted octanol–water partition coefficient (Wildman–Crippen LogP) is 3.88. The first-order valence-electron chi connectivity index (χ1n) is 5.64. The van der Waals surface area contributed by atoms with Gasteiger partial charge in [-0.15, -0.1) is 0 Å². The highest BCUT2D eigenvalue weighted by Gasteiger charge is 2.12. The Hall–Kier alpha value is -2.69. The number of hydrogen-bond acceptors (Lipinski definition) is 4. The maximum absolute atomic E-state index is 9.01. The molecule has 0 aliphatic rings. The van der Waals surface area contributed by atoms with Crippen molar-refractivity contribution in [1.29, 1.82) is 10.5 Å². The van der Waals surface area contributed by atoms with Crippen molar-refractivity contribution in [1.82, 2.24) is 0 Å². The first-order valence-corrected chi connectivity index (χ1v) is 6.02. The molecule has 0 aliphatic heterocycles. The summed E-state index contributed by atoms with van der Waals surface area (Å²) in [5.41, 5.74) is 0.423. The fourth-order valence-corrected chi connectivity index (χ4v) is 1.84. The number of hydrogen-bond donors (Lipinski definition) is 0. The number of nitriles is 2. The van der Waals surface area contributed by atoms with Crippen LogP contribution in [0.25, 0.3) is 0 Å². The number of rotatable bonds is 3. The third-order valence-electron chi connectivity index (χ3n) is 2.60. The highest BCUT2D eigenvalue weighted by Crippen LogP contribution is 2.36. The van der Waals surface area contributed by atoms with Crippen LogP contribution in [-0.4, -0.2) is 7.11 Å². The SMILES string of the molecule is COc1ccccc1Oc1cc(C#N)c(C#N)cc1Cl. The summed E-state index contributed by atoms with van der Waals surface area (Å²) < 4.78 is 10.8. The topological polar surface area (TPSA) is 66.0 Å². The highest BCUT2D eigenvalue weighted by atomic mass is 35.5. The Balaban J connectivity index is 2.45. The third-order valence-corrected chi connectivity index (χ3v) is 2.90. The zero-order valence-corrected chi connectivity index (χ0v) is 11.3. The average molecular weight is 285 g/mol. The van der Waals surface area contributed by atoms with Crippen molar-refractivity contribution < 1.29 is 9.47 Å². The van der Waals surface area contributed by atoms with Crippen LogP contribution in [0.4, 0.5) is 0 Å². The minimum Gasteiger partial charge on any atom is -0.493 e. The van der Waals surface area contributed by atoms with Crippen molar-refractivity contribution in [2.45, 2.75) is 0 Å². The van der Waals surface area contributed by atoms with E-state index in [1.807, 2.05) is 18.2 Å². The highest BCUT2D eigenvalue weighted by molar-refractivity contribution is 6.32. The van der Waals surface area contributed by atoms with E-state index in [9.17, 15) is 0 Å². The lowest BCUT2D eigenvalue weighted by Crippen LogP contribution is -1.92. The van der Waals surface area contributed by atoms with Crippen LogP contribution < -0.4 is 9.47 Å². The van der Waals surface area contributed by atoms with E-state index in [-0.39, 0.29) is 16.1 Å². The quantitative estimate of drug-likeness (QED) is 0.858. The average Bonchev–Trinajstić information content (AvgIpc) is 2.49. The molecule has 0 atom stereocenters. The normalized spacial score (nSPS) is 9.40. The van der Waals surface area contributed by atoms with Crippen LogP contribution in [-0.2, 0) is 0 Å². The summed E-state index contributed by atoms with van der Waals surface area (Å²) in [7, 11) is 1.53. The molecule has 4 nitrogen and oxygen atoms in total. The fourth-order valence-electron chi connectivity index (χ4n) is 1.64. The van der Waals surface area contributed by atoms with Gasteiger partial charge in [0.2, 0.25) is 0 Å². The lowest BCUT2D eigenvalue weighted by Gasteiger charge is -2.11. The number of benzene rings is 2. The molecule has 0 bridgehead atoms. The molecule has 0 fully saturated rings. The molecule has 98 valence electrons. The minimum absolute atomic E-state index is 0.210. The molecule has 20 heavy (non-hydrogen) atoms. The summed E-state index contributed by atoms with van der Waals surface area (Å²) in [6.45, 7) is 0. The van der Waals surface area contributed by atoms with E-state index in [1.165, 1.54) is 19.2 Å². The van der Waals surface area contributed by atoms with Crippen LogP contribution in [0, 0.1) is 22.7 Å². The van der Waals surface area contributed by atoms with Crippen molar-refractivity contribution in [2.24, 2.45) is 0 Å². The van der Waals surface area contributed by atoms with Gasteiger partial charge in [-0.2, -0.15) is 10.5 Å². The standard InChI is InChI=1S/C15H9ClN2O2/c1-19-13-4-2-3-5-14(13)20-15-7-11(9-18)10(8-17)6-12(15)16/h2-7H,1H3. The summed E-state index contributed by atoms with van der Waals surface area (Å²) in [5.74, 6) is 1.32. The lowest BCUT2D eigenvalue weighted by atomic mass is 10.1. The van der Waals surface area contributed by atoms with Crippen molar-refractivity contribution in [3.8, 4) is 29.4 Å². The largest absolute Gasteiger partial charge is 0.493 e. The van der Waals surface area contributed by atoms with E-state index >= 15 is 0 Å². The van der Waals surface area contributed by atoms with Crippen molar-refractivity contribution in [3.05, 3.63) is 52.5 Å². The first-order chi connectivity index (χ1) is 9.69. The smallest absolute Gasteiger partial charge is 0.169 e. The Bertz CT molecular complexity index is 730. The fraction of sp³-hybridized carbons (Fsp3) is 0.0667. The molecule has 0 heterocycles. The molecule has 5 heteroatoms. The molecule has 0 aromatic heterocycles. The summed E-state index contributed by atoms with van der Waals surface area (Å²) in [6, 6.07) is 13.8. The molecule has 0 saturated heterocycles. The second kappa shape index (κ2) is 5.97. The molecule has 0 N–H and O–H groups in total. The zero-order chi connectivity index (χ0) is 14.5. The van der Waals surface area contributed by atoms with Gasteiger partial charge in [0, 0.05) is 6.07 Å². The number of ether oxygens (including phenoxy) is 2.